The number of rotatable bonds is 8. The van der Waals surface area contributed by atoms with Crippen LogP contribution in [0.5, 0.6) is 11.5 Å². The lowest BCUT2D eigenvalue weighted by molar-refractivity contribution is 0.211. The van der Waals surface area contributed by atoms with E-state index in [1.54, 1.807) is 24.3 Å². The Labute approximate surface area is 237 Å². The Morgan fingerprint density at radius 2 is 1.48 bits per heavy atom. The van der Waals surface area contributed by atoms with Gasteiger partial charge in [-0.15, -0.1) is 0 Å². The fourth-order valence-electron chi connectivity index (χ4n) is 4.39. The number of nitrogens with zero attached hydrogens (tertiary/aromatic N) is 4. The Hall–Kier alpha value is -3.36. The van der Waals surface area contributed by atoms with Crippen molar-refractivity contribution in [2.45, 2.75) is 22.3 Å². The monoisotopic (exact) mass is 600 g/mol. The summed E-state index contributed by atoms with van der Waals surface area (Å²) in [5.41, 5.74) is 0.613. The number of ether oxygens (including phenoxy) is 1. The quantitative estimate of drug-likeness (QED) is 0.322. The van der Waals surface area contributed by atoms with Crippen molar-refractivity contribution in [1.29, 1.82) is 0 Å². The highest BCUT2D eigenvalue weighted by molar-refractivity contribution is 7.93. The first kappa shape index (κ1) is 28.2. The molecular formula is C27H28N4O6S3. The van der Waals surface area contributed by atoms with Gasteiger partial charge in [0.05, 0.1) is 4.90 Å². The van der Waals surface area contributed by atoms with Gasteiger partial charge in [0.25, 0.3) is 0 Å². The molecule has 1 N–H and O–H groups in total. The van der Waals surface area contributed by atoms with E-state index >= 15 is 0 Å². The largest absolute Gasteiger partial charge is 0.457 e. The van der Waals surface area contributed by atoms with Crippen molar-refractivity contribution >= 4 is 36.5 Å². The summed E-state index contributed by atoms with van der Waals surface area (Å²) < 4.78 is 62.7. The number of para-hydroxylation sites is 1. The van der Waals surface area contributed by atoms with Gasteiger partial charge in [0, 0.05) is 44.0 Å². The minimum Gasteiger partial charge on any atom is -0.457 e. The molecule has 1 fully saturated rings. The molecular weight excluding hydrogens is 573 g/mol. The summed E-state index contributed by atoms with van der Waals surface area (Å²) in [6, 6.07) is 22.1. The Morgan fingerprint density at radius 3 is 2.17 bits per heavy atom. The van der Waals surface area contributed by atoms with E-state index < -0.39 is 26.0 Å². The molecule has 1 aromatic heterocycles. The Bertz CT molecular complexity index is 1680. The van der Waals surface area contributed by atoms with Gasteiger partial charge in [0.15, 0.2) is 15.7 Å². The molecule has 40 heavy (non-hydrogen) atoms. The number of aliphatic hydroxyl groups excluding tert-OH is 1. The summed E-state index contributed by atoms with van der Waals surface area (Å²) in [5.74, 6) is 1.61. The number of sulfone groups is 1. The van der Waals surface area contributed by atoms with Crippen LogP contribution in [0.1, 0.15) is 23.9 Å². The molecule has 5 rings (SSSR count). The number of hydrogen-bond acceptors (Lipinski definition) is 10. The van der Waals surface area contributed by atoms with E-state index in [9.17, 15) is 21.9 Å². The average Bonchev–Trinajstić information content (AvgIpc) is 3.30. The van der Waals surface area contributed by atoms with E-state index in [4.69, 9.17) is 4.74 Å². The maximum Gasteiger partial charge on any atom is 0.244 e. The van der Waals surface area contributed by atoms with Gasteiger partial charge in [-0.05, 0) is 48.4 Å². The van der Waals surface area contributed by atoms with Crippen LogP contribution in [0.2, 0.25) is 0 Å². The van der Waals surface area contributed by atoms with Gasteiger partial charge >= 0.3 is 0 Å². The zero-order valence-electron chi connectivity index (χ0n) is 21.6. The summed E-state index contributed by atoms with van der Waals surface area (Å²) >= 11 is 1.14. The lowest BCUT2D eigenvalue weighted by atomic mass is 10.1. The minimum atomic E-state index is -4.03. The van der Waals surface area contributed by atoms with Crippen LogP contribution in [0.15, 0.2) is 88.7 Å². The zero-order valence-corrected chi connectivity index (χ0v) is 24.1. The Kier molecular flexibility index (Phi) is 8.19. The summed E-state index contributed by atoms with van der Waals surface area (Å²) in [4.78, 5) is 6.05. The van der Waals surface area contributed by atoms with Crippen molar-refractivity contribution in [1.82, 2.24) is 13.7 Å². The maximum absolute atomic E-state index is 13.4. The molecule has 1 atom stereocenters. The van der Waals surface area contributed by atoms with Crippen LogP contribution in [0.3, 0.4) is 0 Å². The summed E-state index contributed by atoms with van der Waals surface area (Å²) in [7, 11) is -7.75. The second-order valence-corrected chi connectivity index (χ2v) is 13.9. The van der Waals surface area contributed by atoms with Crippen LogP contribution in [0.25, 0.3) is 0 Å². The SMILES string of the molecule is CS(=O)(=O)c1ccccc1S(=O)(=O)N1CCCN(c2nc(C(O)c3ccc(Oc4ccccc4)cc3)ns2)CC1. The van der Waals surface area contributed by atoms with Crippen molar-refractivity contribution in [2.75, 3.05) is 37.3 Å². The van der Waals surface area contributed by atoms with Crippen LogP contribution in [-0.2, 0) is 19.9 Å². The van der Waals surface area contributed by atoms with Crippen LogP contribution < -0.4 is 9.64 Å². The van der Waals surface area contributed by atoms with Gasteiger partial charge in [0.1, 0.15) is 22.5 Å². The standard InChI is InChI=1S/C27H28N4O6S3/c1-39(33,34)23-10-5-6-11-24(23)40(35,36)31-17-7-16-30(18-19-31)27-28-26(29-38-27)25(32)20-12-14-22(15-13-20)37-21-8-3-2-4-9-21/h2-6,8-15,25,32H,7,16-19H2,1H3. The van der Waals surface area contributed by atoms with Crippen molar-refractivity contribution in [3.8, 4) is 11.5 Å². The van der Waals surface area contributed by atoms with Gasteiger partial charge in [-0.2, -0.15) is 8.68 Å². The number of anilines is 1. The van der Waals surface area contributed by atoms with Gasteiger partial charge in [0.2, 0.25) is 15.2 Å². The molecule has 10 nitrogen and oxygen atoms in total. The number of sulfonamides is 1. The van der Waals surface area contributed by atoms with Crippen LogP contribution >= 0.6 is 11.5 Å². The molecule has 210 valence electrons. The van der Waals surface area contributed by atoms with E-state index in [1.165, 1.54) is 28.6 Å². The summed E-state index contributed by atoms with van der Waals surface area (Å²) in [5, 5.41) is 11.5. The molecule has 1 aliphatic rings. The van der Waals surface area contributed by atoms with E-state index in [2.05, 4.69) is 9.36 Å². The van der Waals surface area contributed by atoms with Gasteiger partial charge in [-0.25, -0.2) is 21.8 Å². The highest BCUT2D eigenvalue weighted by atomic mass is 32.2. The van der Waals surface area contributed by atoms with Crippen LogP contribution in [-0.4, -0.2) is 68.0 Å². The van der Waals surface area contributed by atoms with Crippen molar-refractivity contribution < 1.29 is 26.7 Å². The second kappa shape index (κ2) is 11.6. The fraction of sp³-hybridized carbons (Fsp3) is 0.259. The van der Waals surface area contributed by atoms with E-state index in [0.717, 1.165) is 17.8 Å². The number of aliphatic hydroxyl groups is 1. The highest BCUT2D eigenvalue weighted by Gasteiger charge is 2.32. The average molecular weight is 601 g/mol. The first-order valence-corrected chi connectivity index (χ1v) is 16.6. The number of aromatic nitrogens is 2. The lowest BCUT2D eigenvalue weighted by Crippen LogP contribution is -2.35. The third-order valence-corrected chi connectivity index (χ3v) is 10.5. The van der Waals surface area contributed by atoms with Crippen molar-refractivity contribution in [3.05, 3.63) is 90.3 Å². The third-order valence-electron chi connectivity index (χ3n) is 6.44. The van der Waals surface area contributed by atoms with E-state index in [-0.39, 0.29) is 28.7 Å². The van der Waals surface area contributed by atoms with Crippen LogP contribution in [0, 0.1) is 0 Å². The molecule has 1 saturated heterocycles. The topological polar surface area (TPSA) is 130 Å². The molecule has 3 aromatic carbocycles. The van der Waals surface area contributed by atoms with Crippen molar-refractivity contribution in [2.24, 2.45) is 0 Å². The highest BCUT2D eigenvalue weighted by Crippen LogP contribution is 2.29. The van der Waals surface area contributed by atoms with Gasteiger partial charge < -0.3 is 14.7 Å². The molecule has 1 aliphatic heterocycles. The molecule has 0 amide bonds. The normalized spacial score (nSPS) is 15.9. The maximum atomic E-state index is 13.4. The van der Waals surface area contributed by atoms with E-state index in [1.807, 2.05) is 35.2 Å². The predicted molar refractivity (Wildman–Crippen MR) is 152 cm³/mol. The van der Waals surface area contributed by atoms with Gasteiger partial charge in [-0.1, -0.05) is 42.5 Å². The zero-order chi connectivity index (χ0) is 28.3. The number of hydrogen-bond donors (Lipinski definition) is 1. The summed E-state index contributed by atoms with van der Waals surface area (Å²) in [6.07, 6.45) is 0.479. The number of benzene rings is 3. The molecule has 13 heteroatoms. The minimum absolute atomic E-state index is 0.154. The molecule has 1 unspecified atom stereocenters. The molecule has 0 saturated carbocycles. The van der Waals surface area contributed by atoms with E-state index in [0.29, 0.717) is 41.7 Å². The molecule has 0 aliphatic carbocycles. The smallest absolute Gasteiger partial charge is 0.244 e. The molecule has 2 heterocycles. The first-order chi connectivity index (χ1) is 19.1. The molecule has 0 bridgehead atoms. The van der Waals surface area contributed by atoms with Gasteiger partial charge in [-0.3, -0.25) is 0 Å². The van der Waals surface area contributed by atoms with Crippen molar-refractivity contribution in [3.63, 3.8) is 0 Å². The second-order valence-electron chi connectivity index (χ2n) is 9.29. The third kappa shape index (κ3) is 6.18. The fourth-order valence-corrected chi connectivity index (χ4v) is 8.21. The Balaban J connectivity index is 1.26. The van der Waals surface area contributed by atoms with Crippen LogP contribution in [0.4, 0.5) is 5.13 Å². The first-order valence-electron chi connectivity index (χ1n) is 12.5. The lowest BCUT2D eigenvalue weighted by Gasteiger charge is -2.22. The molecule has 4 aromatic rings. The Morgan fingerprint density at radius 1 is 0.825 bits per heavy atom. The molecule has 0 spiro atoms. The summed E-state index contributed by atoms with van der Waals surface area (Å²) in [6.45, 7) is 1.27. The predicted octanol–water partition coefficient (Wildman–Crippen LogP) is 3.72. The molecule has 0 radical (unpaired) electrons.